The third-order valence-electron chi connectivity index (χ3n) is 2.57. The van der Waals surface area contributed by atoms with E-state index >= 15 is 0 Å². The number of methoxy groups -OCH3 is 1. The number of nitrogens with zero attached hydrogens (tertiary/aromatic N) is 3. The molecule has 1 N–H and O–H groups in total. The number of aliphatic imine (C=N–C) groups is 1. The first-order chi connectivity index (χ1) is 8.28. The number of rotatable bonds is 5. The lowest BCUT2D eigenvalue weighted by Gasteiger charge is -2.07. The first-order valence-electron chi connectivity index (χ1n) is 5.69. The van der Waals surface area contributed by atoms with E-state index in [0.717, 1.165) is 29.6 Å². The molecule has 0 aromatic carbocycles. The van der Waals surface area contributed by atoms with Gasteiger partial charge < -0.3 is 10.1 Å². The van der Waals surface area contributed by atoms with Gasteiger partial charge in [0.1, 0.15) is 0 Å². The molecule has 1 aromatic heterocycles. The van der Waals surface area contributed by atoms with Gasteiger partial charge in [0.2, 0.25) is 0 Å². The molecule has 1 aliphatic rings. The first kappa shape index (κ1) is 12.4. The average Bonchev–Trinajstić information content (AvgIpc) is 2.93. The van der Waals surface area contributed by atoms with E-state index in [1.807, 2.05) is 19.3 Å². The van der Waals surface area contributed by atoms with Crippen LogP contribution in [0.2, 0.25) is 0 Å². The maximum absolute atomic E-state index is 5.07. The molecule has 0 amide bonds. The highest BCUT2D eigenvalue weighted by molar-refractivity contribution is 8.14. The molecule has 2 rings (SSSR count). The molecule has 17 heavy (non-hydrogen) atoms. The van der Waals surface area contributed by atoms with E-state index in [1.165, 1.54) is 0 Å². The van der Waals surface area contributed by atoms with Crippen LogP contribution in [0.3, 0.4) is 0 Å². The van der Waals surface area contributed by atoms with Gasteiger partial charge in [0.25, 0.3) is 0 Å². The van der Waals surface area contributed by atoms with Crippen LogP contribution in [0.1, 0.15) is 12.1 Å². The van der Waals surface area contributed by atoms with Crippen LogP contribution in [0, 0.1) is 0 Å². The highest BCUT2D eigenvalue weighted by atomic mass is 32.2. The molecule has 0 saturated carbocycles. The standard InChI is InChI=1S/C11H18N4OS/c1-15-5-3-9(14-15)7-12-11-13-10(8-17-11)4-6-16-2/h3,5,10H,4,6-8H2,1-2H3,(H,12,13). The second kappa shape index (κ2) is 6.07. The van der Waals surface area contributed by atoms with Crippen LogP contribution in [0.25, 0.3) is 0 Å². The third kappa shape index (κ3) is 3.74. The summed E-state index contributed by atoms with van der Waals surface area (Å²) in [5, 5.41) is 8.72. The summed E-state index contributed by atoms with van der Waals surface area (Å²) >= 11 is 1.78. The average molecular weight is 254 g/mol. The Morgan fingerprint density at radius 3 is 3.29 bits per heavy atom. The summed E-state index contributed by atoms with van der Waals surface area (Å²) in [7, 11) is 3.65. The topological polar surface area (TPSA) is 51.4 Å². The number of hydrogen-bond acceptors (Lipinski definition) is 4. The van der Waals surface area contributed by atoms with Gasteiger partial charge in [0, 0.05) is 38.8 Å². The molecule has 1 unspecified atom stereocenters. The molecular weight excluding hydrogens is 236 g/mol. The fourth-order valence-corrected chi connectivity index (χ4v) is 2.66. The van der Waals surface area contributed by atoms with Gasteiger partial charge in [-0.25, -0.2) is 0 Å². The Kier molecular flexibility index (Phi) is 4.44. The van der Waals surface area contributed by atoms with Crippen molar-refractivity contribution in [1.82, 2.24) is 15.1 Å². The van der Waals surface area contributed by atoms with Crippen LogP contribution in [0.15, 0.2) is 17.3 Å². The van der Waals surface area contributed by atoms with E-state index in [0.29, 0.717) is 12.6 Å². The molecule has 1 aromatic rings. The van der Waals surface area contributed by atoms with Crippen molar-refractivity contribution in [3.05, 3.63) is 18.0 Å². The van der Waals surface area contributed by atoms with Crippen molar-refractivity contribution in [3.63, 3.8) is 0 Å². The van der Waals surface area contributed by atoms with Crippen LogP contribution in [0.4, 0.5) is 0 Å². The summed E-state index contributed by atoms with van der Waals surface area (Å²) in [5.74, 6) is 1.07. The molecule has 1 fully saturated rings. The number of hydrogen-bond donors (Lipinski definition) is 1. The van der Waals surface area contributed by atoms with Gasteiger partial charge in [-0.2, -0.15) is 5.10 Å². The molecule has 0 radical (unpaired) electrons. The zero-order valence-corrected chi connectivity index (χ0v) is 11.0. The van der Waals surface area contributed by atoms with Gasteiger partial charge in [0.05, 0.1) is 12.2 Å². The van der Waals surface area contributed by atoms with E-state index in [4.69, 9.17) is 4.74 Å². The van der Waals surface area contributed by atoms with Gasteiger partial charge in [0.15, 0.2) is 5.17 Å². The maximum atomic E-state index is 5.07. The Bertz CT molecular complexity index is 391. The summed E-state index contributed by atoms with van der Waals surface area (Å²) < 4.78 is 6.87. The molecule has 1 saturated heterocycles. The van der Waals surface area contributed by atoms with Crippen molar-refractivity contribution in [2.24, 2.45) is 12.0 Å². The second-order valence-corrected chi connectivity index (χ2v) is 5.04. The Balaban J connectivity index is 1.79. The fourth-order valence-electron chi connectivity index (χ4n) is 1.64. The van der Waals surface area contributed by atoms with Crippen LogP contribution in [-0.4, -0.2) is 40.5 Å². The van der Waals surface area contributed by atoms with Gasteiger partial charge in [-0.1, -0.05) is 11.8 Å². The van der Waals surface area contributed by atoms with Gasteiger partial charge in [-0.3, -0.25) is 9.67 Å². The predicted molar refractivity (Wildman–Crippen MR) is 70.2 cm³/mol. The van der Waals surface area contributed by atoms with Gasteiger partial charge in [-0.05, 0) is 12.5 Å². The van der Waals surface area contributed by atoms with Crippen LogP contribution in [0.5, 0.6) is 0 Å². The lowest BCUT2D eigenvalue weighted by molar-refractivity contribution is 0.188. The summed E-state index contributed by atoms with van der Waals surface area (Å²) in [4.78, 5) is 4.52. The lowest BCUT2D eigenvalue weighted by atomic mass is 10.2. The van der Waals surface area contributed by atoms with Crippen molar-refractivity contribution in [3.8, 4) is 0 Å². The lowest BCUT2D eigenvalue weighted by Crippen LogP contribution is -2.28. The SMILES string of the molecule is COCCC1CSC(=NCc2ccn(C)n2)N1. The molecule has 94 valence electrons. The molecule has 0 bridgehead atoms. The highest BCUT2D eigenvalue weighted by Gasteiger charge is 2.19. The number of nitrogens with one attached hydrogen (secondary N) is 1. The largest absolute Gasteiger partial charge is 0.385 e. The van der Waals surface area contributed by atoms with E-state index in [-0.39, 0.29) is 0 Å². The number of amidine groups is 1. The number of aryl methyl sites for hydroxylation is 1. The van der Waals surface area contributed by atoms with Crippen molar-refractivity contribution < 1.29 is 4.74 Å². The zero-order chi connectivity index (χ0) is 12.1. The van der Waals surface area contributed by atoms with Crippen molar-refractivity contribution >= 4 is 16.9 Å². The minimum atomic E-state index is 0.488. The Morgan fingerprint density at radius 1 is 1.71 bits per heavy atom. The Morgan fingerprint density at radius 2 is 2.59 bits per heavy atom. The Labute approximate surface area is 106 Å². The van der Waals surface area contributed by atoms with E-state index in [2.05, 4.69) is 15.4 Å². The number of aromatic nitrogens is 2. The van der Waals surface area contributed by atoms with Crippen molar-refractivity contribution in [2.75, 3.05) is 19.5 Å². The monoisotopic (exact) mass is 254 g/mol. The fraction of sp³-hybridized carbons (Fsp3) is 0.636. The predicted octanol–water partition coefficient (Wildman–Crippen LogP) is 1.02. The van der Waals surface area contributed by atoms with Crippen LogP contribution >= 0.6 is 11.8 Å². The van der Waals surface area contributed by atoms with E-state index in [9.17, 15) is 0 Å². The number of thioether (sulfide) groups is 1. The Hall–Kier alpha value is -1.01. The smallest absolute Gasteiger partial charge is 0.157 e. The van der Waals surface area contributed by atoms with Gasteiger partial charge >= 0.3 is 0 Å². The van der Waals surface area contributed by atoms with Gasteiger partial charge in [-0.15, -0.1) is 0 Å². The van der Waals surface area contributed by atoms with E-state index < -0.39 is 0 Å². The molecule has 1 atom stereocenters. The summed E-state index contributed by atoms with van der Waals surface area (Å²) in [6.45, 7) is 1.44. The number of ether oxygens (including phenoxy) is 1. The third-order valence-corrected chi connectivity index (χ3v) is 3.66. The molecular formula is C11H18N4OS. The van der Waals surface area contributed by atoms with E-state index in [1.54, 1.807) is 23.6 Å². The summed E-state index contributed by atoms with van der Waals surface area (Å²) in [5.41, 5.74) is 1.00. The van der Waals surface area contributed by atoms with Crippen LogP contribution in [-0.2, 0) is 18.3 Å². The molecule has 2 heterocycles. The molecule has 0 aliphatic carbocycles. The zero-order valence-electron chi connectivity index (χ0n) is 10.2. The minimum absolute atomic E-state index is 0.488. The quantitative estimate of drug-likeness (QED) is 0.852. The second-order valence-electron chi connectivity index (χ2n) is 4.04. The molecule has 6 heteroatoms. The molecule has 1 aliphatic heterocycles. The minimum Gasteiger partial charge on any atom is -0.385 e. The molecule has 0 spiro atoms. The summed E-state index contributed by atoms with van der Waals surface area (Å²) in [6.07, 6.45) is 2.97. The first-order valence-corrected chi connectivity index (χ1v) is 6.67. The van der Waals surface area contributed by atoms with Crippen molar-refractivity contribution in [2.45, 2.75) is 19.0 Å². The van der Waals surface area contributed by atoms with Crippen LogP contribution < -0.4 is 5.32 Å². The maximum Gasteiger partial charge on any atom is 0.157 e. The normalized spacial score (nSPS) is 22.0. The van der Waals surface area contributed by atoms with Crippen molar-refractivity contribution in [1.29, 1.82) is 0 Å². The summed E-state index contributed by atoms with van der Waals surface area (Å²) in [6, 6.07) is 2.48. The molecule has 5 nitrogen and oxygen atoms in total. The highest BCUT2D eigenvalue weighted by Crippen LogP contribution is 2.16.